The van der Waals surface area contributed by atoms with E-state index >= 15 is 0 Å². The Morgan fingerprint density at radius 3 is 2.72 bits per heavy atom. The summed E-state index contributed by atoms with van der Waals surface area (Å²) in [5.41, 5.74) is 2.89. The standard InChI is InChI=1S/C27H38N6OS2/c1-5-7-8-15-28-24(35)14-9-12-21(11-6-2)27-31-23(18-36-27)26(34)30-22-13-10-16-29-25(22)33-20(4)17-19(3)32-33/h10,13,16-18,21H,5-9,11-12,14-15H2,1-4H3,(H,28,35)(H,30,34). The summed E-state index contributed by atoms with van der Waals surface area (Å²) in [4.78, 5) is 23.2. The molecule has 3 aromatic rings. The van der Waals surface area contributed by atoms with E-state index in [0.717, 1.165) is 60.0 Å². The van der Waals surface area contributed by atoms with Gasteiger partial charge >= 0.3 is 0 Å². The first-order valence-corrected chi connectivity index (χ1v) is 14.2. The van der Waals surface area contributed by atoms with Gasteiger partial charge < -0.3 is 10.6 Å². The summed E-state index contributed by atoms with van der Waals surface area (Å²) in [7, 11) is 0. The fourth-order valence-corrected chi connectivity index (χ4v) is 5.43. The maximum Gasteiger partial charge on any atom is 0.275 e. The maximum absolute atomic E-state index is 13.1. The van der Waals surface area contributed by atoms with Gasteiger partial charge in [0.2, 0.25) is 0 Å². The molecule has 0 radical (unpaired) electrons. The monoisotopic (exact) mass is 526 g/mol. The molecule has 0 aliphatic rings. The van der Waals surface area contributed by atoms with E-state index in [4.69, 9.17) is 17.2 Å². The highest BCUT2D eigenvalue weighted by Gasteiger charge is 2.19. The third-order valence-electron chi connectivity index (χ3n) is 6.04. The minimum absolute atomic E-state index is 0.235. The number of unbranched alkanes of at least 4 members (excludes halogenated alkanes) is 2. The fourth-order valence-electron chi connectivity index (χ4n) is 4.21. The van der Waals surface area contributed by atoms with Crippen molar-refractivity contribution in [3.05, 3.63) is 51.9 Å². The quantitative estimate of drug-likeness (QED) is 0.178. The van der Waals surface area contributed by atoms with Gasteiger partial charge in [0.1, 0.15) is 5.69 Å². The van der Waals surface area contributed by atoms with Crippen molar-refractivity contribution in [1.29, 1.82) is 0 Å². The molecule has 3 heterocycles. The number of rotatable bonds is 14. The number of aryl methyl sites for hydroxylation is 2. The lowest BCUT2D eigenvalue weighted by Crippen LogP contribution is -2.22. The lowest BCUT2D eigenvalue weighted by atomic mass is 9.97. The van der Waals surface area contributed by atoms with Crippen LogP contribution < -0.4 is 10.6 Å². The highest BCUT2D eigenvalue weighted by atomic mass is 32.1. The van der Waals surface area contributed by atoms with Gasteiger partial charge in [0.05, 0.1) is 21.4 Å². The van der Waals surface area contributed by atoms with Crippen molar-refractivity contribution in [2.24, 2.45) is 0 Å². The molecule has 36 heavy (non-hydrogen) atoms. The highest BCUT2D eigenvalue weighted by molar-refractivity contribution is 7.80. The smallest absolute Gasteiger partial charge is 0.275 e. The number of nitrogens with one attached hydrogen (secondary N) is 2. The van der Waals surface area contributed by atoms with Crippen molar-refractivity contribution in [1.82, 2.24) is 25.1 Å². The van der Waals surface area contributed by atoms with Crippen LogP contribution in [0.15, 0.2) is 29.8 Å². The Labute approximate surface area is 224 Å². The Morgan fingerprint density at radius 2 is 2.00 bits per heavy atom. The van der Waals surface area contributed by atoms with E-state index in [2.05, 4.69) is 34.6 Å². The predicted molar refractivity (Wildman–Crippen MR) is 153 cm³/mol. The Bertz CT molecular complexity index is 1140. The van der Waals surface area contributed by atoms with Crippen molar-refractivity contribution in [3.8, 4) is 5.82 Å². The number of amides is 1. The summed E-state index contributed by atoms with van der Waals surface area (Å²) < 4.78 is 1.75. The van der Waals surface area contributed by atoms with E-state index in [1.165, 1.54) is 19.3 Å². The highest BCUT2D eigenvalue weighted by Crippen LogP contribution is 2.30. The molecule has 1 unspecified atom stereocenters. The van der Waals surface area contributed by atoms with E-state index in [1.807, 2.05) is 31.4 Å². The average Bonchev–Trinajstić information content (AvgIpc) is 3.48. The molecular weight excluding hydrogens is 488 g/mol. The van der Waals surface area contributed by atoms with Crippen LogP contribution in [0.5, 0.6) is 0 Å². The van der Waals surface area contributed by atoms with Gasteiger partial charge in [-0.05, 0) is 64.2 Å². The second kappa shape index (κ2) is 14.2. The summed E-state index contributed by atoms with van der Waals surface area (Å²) in [5, 5.41) is 13.8. The van der Waals surface area contributed by atoms with E-state index < -0.39 is 0 Å². The second-order valence-electron chi connectivity index (χ2n) is 9.17. The van der Waals surface area contributed by atoms with E-state index in [1.54, 1.807) is 28.3 Å². The Hall–Kier alpha value is -2.65. The van der Waals surface area contributed by atoms with Gasteiger partial charge in [0.25, 0.3) is 5.91 Å². The lowest BCUT2D eigenvalue weighted by molar-refractivity contribution is 0.102. The minimum Gasteiger partial charge on any atom is -0.380 e. The van der Waals surface area contributed by atoms with Gasteiger partial charge in [-0.2, -0.15) is 5.10 Å². The maximum atomic E-state index is 13.1. The van der Waals surface area contributed by atoms with Crippen molar-refractivity contribution in [3.63, 3.8) is 0 Å². The molecule has 1 atom stereocenters. The number of carbonyl (C=O) groups excluding carboxylic acids is 1. The first-order chi connectivity index (χ1) is 17.4. The normalized spacial score (nSPS) is 11.9. The van der Waals surface area contributed by atoms with Crippen molar-refractivity contribution < 1.29 is 4.79 Å². The average molecular weight is 527 g/mol. The summed E-state index contributed by atoms with van der Waals surface area (Å²) >= 11 is 7.07. The Kier molecular flexibility index (Phi) is 11.0. The van der Waals surface area contributed by atoms with Crippen LogP contribution in [0.4, 0.5) is 5.69 Å². The van der Waals surface area contributed by atoms with Gasteiger partial charge in [-0.25, -0.2) is 14.6 Å². The van der Waals surface area contributed by atoms with E-state index in [-0.39, 0.29) is 5.91 Å². The van der Waals surface area contributed by atoms with Crippen LogP contribution in [0.1, 0.15) is 98.0 Å². The first-order valence-electron chi connectivity index (χ1n) is 12.9. The van der Waals surface area contributed by atoms with Crippen LogP contribution >= 0.6 is 23.6 Å². The van der Waals surface area contributed by atoms with Crippen molar-refractivity contribution >= 4 is 40.1 Å². The molecule has 194 valence electrons. The summed E-state index contributed by atoms with van der Waals surface area (Å²) in [6.45, 7) is 9.27. The van der Waals surface area contributed by atoms with Crippen molar-refractivity contribution in [2.75, 3.05) is 11.9 Å². The van der Waals surface area contributed by atoms with Crippen LogP contribution in [-0.2, 0) is 0 Å². The molecule has 1 amide bonds. The Balaban J connectivity index is 1.61. The number of anilines is 1. The summed E-state index contributed by atoms with van der Waals surface area (Å²) in [6, 6.07) is 5.62. The third kappa shape index (κ3) is 7.93. The molecule has 0 aliphatic heterocycles. The predicted octanol–water partition coefficient (Wildman–Crippen LogP) is 6.75. The van der Waals surface area contributed by atoms with Crippen LogP contribution in [0, 0.1) is 13.8 Å². The molecule has 0 aromatic carbocycles. The molecule has 3 aromatic heterocycles. The van der Waals surface area contributed by atoms with Crippen LogP contribution in [0.25, 0.3) is 5.82 Å². The molecule has 0 aliphatic carbocycles. The Morgan fingerprint density at radius 1 is 1.17 bits per heavy atom. The van der Waals surface area contributed by atoms with E-state index in [0.29, 0.717) is 23.1 Å². The van der Waals surface area contributed by atoms with Gasteiger partial charge in [0.15, 0.2) is 5.82 Å². The molecule has 0 spiro atoms. The molecule has 0 bridgehead atoms. The molecule has 0 fully saturated rings. The number of pyridine rings is 1. The van der Waals surface area contributed by atoms with Gasteiger partial charge in [-0.15, -0.1) is 11.3 Å². The fraction of sp³-hybridized carbons (Fsp3) is 0.519. The summed E-state index contributed by atoms with van der Waals surface area (Å²) in [6.07, 6.45) is 10.4. The molecule has 7 nitrogen and oxygen atoms in total. The molecular formula is C27H38N6OS2. The topological polar surface area (TPSA) is 84.7 Å². The minimum atomic E-state index is -0.235. The zero-order valence-electron chi connectivity index (χ0n) is 21.8. The third-order valence-corrected chi connectivity index (χ3v) is 7.40. The number of thiazole rings is 1. The number of nitrogens with zero attached hydrogens (tertiary/aromatic N) is 4. The molecule has 0 saturated carbocycles. The molecule has 3 rings (SSSR count). The number of aromatic nitrogens is 4. The lowest BCUT2D eigenvalue weighted by Gasteiger charge is -2.14. The zero-order chi connectivity index (χ0) is 25.9. The van der Waals surface area contributed by atoms with Gasteiger partial charge in [-0.3, -0.25) is 4.79 Å². The van der Waals surface area contributed by atoms with Crippen LogP contribution in [-0.4, -0.2) is 37.2 Å². The molecule has 0 saturated heterocycles. The number of carbonyl (C=O) groups is 1. The number of hydrogen-bond acceptors (Lipinski definition) is 6. The zero-order valence-corrected chi connectivity index (χ0v) is 23.5. The van der Waals surface area contributed by atoms with Gasteiger partial charge in [-0.1, -0.05) is 45.3 Å². The number of thiocarbonyl (C=S) groups is 1. The number of hydrogen-bond donors (Lipinski definition) is 2. The van der Waals surface area contributed by atoms with Crippen LogP contribution in [0.3, 0.4) is 0 Å². The van der Waals surface area contributed by atoms with Gasteiger partial charge in [0, 0.05) is 29.7 Å². The molecule has 2 N–H and O–H groups in total. The van der Waals surface area contributed by atoms with Crippen LogP contribution in [0.2, 0.25) is 0 Å². The first kappa shape index (κ1) is 27.9. The second-order valence-corrected chi connectivity index (χ2v) is 10.6. The summed E-state index contributed by atoms with van der Waals surface area (Å²) in [5.74, 6) is 0.698. The molecule has 9 heteroatoms. The van der Waals surface area contributed by atoms with E-state index in [9.17, 15) is 4.79 Å². The van der Waals surface area contributed by atoms with Crippen molar-refractivity contribution in [2.45, 2.75) is 85.0 Å². The SMILES string of the molecule is CCCCCNC(=S)CCCC(CCC)c1nc(C(=O)Nc2cccnc2-n2nc(C)cc2C)cs1. The largest absolute Gasteiger partial charge is 0.380 e.